The molecule has 19 heavy (non-hydrogen) atoms. The third-order valence-electron chi connectivity index (χ3n) is 2.55. The smallest absolute Gasteiger partial charge is 0.307 e. The molecule has 0 heterocycles. The van der Waals surface area contributed by atoms with Gasteiger partial charge < -0.3 is 14.6 Å². The van der Waals surface area contributed by atoms with Crippen molar-refractivity contribution < 1.29 is 19.4 Å². The van der Waals surface area contributed by atoms with E-state index >= 15 is 0 Å². The topological polar surface area (TPSA) is 55.8 Å². The molecule has 0 aliphatic rings. The van der Waals surface area contributed by atoms with Crippen LogP contribution in [0.15, 0.2) is 18.2 Å². The highest BCUT2D eigenvalue weighted by atomic mass is 16.5. The quantitative estimate of drug-likeness (QED) is 0.856. The Morgan fingerprint density at radius 3 is 2.63 bits per heavy atom. The molecular weight excluding hydrogens is 244 g/mol. The van der Waals surface area contributed by atoms with Crippen LogP contribution in [-0.4, -0.2) is 24.3 Å². The van der Waals surface area contributed by atoms with Gasteiger partial charge in [-0.25, -0.2) is 0 Å². The van der Waals surface area contributed by atoms with E-state index in [4.69, 9.17) is 14.6 Å². The maximum absolute atomic E-state index is 10.5. The van der Waals surface area contributed by atoms with Crippen LogP contribution in [0.2, 0.25) is 0 Å². The number of carbonyl (C=O) groups is 1. The lowest BCUT2D eigenvalue weighted by molar-refractivity contribution is -0.135. The molecular formula is C15H20O4. The summed E-state index contributed by atoms with van der Waals surface area (Å²) in [6.45, 7) is 5.82. The first-order valence-electron chi connectivity index (χ1n) is 6.18. The molecule has 0 spiro atoms. The molecule has 4 heteroatoms. The van der Waals surface area contributed by atoms with E-state index in [-0.39, 0.29) is 12.5 Å². The van der Waals surface area contributed by atoms with Crippen LogP contribution in [0.4, 0.5) is 0 Å². The van der Waals surface area contributed by atoms with Gasteiger partial charge in [-0.3, -0.25) is 4.79 Å². The fourth-order valence-electron chi connectivity index (χ4n) is 1.73. The highest BCUT2D eigenvalue weighted by Gasteiger charge is 2.11. The maximum Gasteiger partial charge on any atom is 0.307 e. The van der Waals surface area contributed by atoms with Crippen molar-refractivity contribution >= 4 is 12.0 Å². The number of carboxylic acids is 1. The van der Waals surface area contributed by atoms with Crippen molar-refractivity contribution in [3.8, 4) is 11.5 Å². The van der Waals surface area contributed by atoms with Crippen molar-refractivity contribution in [2.75, 3.05) is 7.11 Å². The van der Waals surface area contributed by atoms with Gasteiger partial charge in [0.25, 0.3) is 0 Å². The lowest BCUT2D eigenvalue weighted by Crippen LogP contribution is -2.08. The summed E-state index contributed by atoms with van der Waals surface area (Å²) in [4.78, 5) is 10.5. The van der Waals surface area contributed by atoms with E-state index in [1.165, 1.54) is 0 Å². The minimum atomic E-state index is -0.854. The van der Waals surface area contributed by atoms with Gasteiger partial charge in [0.1, 0.15) is 11.5 Å². The van der Waals surface area contributed by atoms with Crippen molar-refractivity contribution in [3.63, 3.8) is 0 Å². The first kappa shape index (κ1) is 15.1. The van der Waals surface area contributed by atoms with Gasteiger partial charge in [0.15, 0.2) is 0 Å². The predicted molar refractivity (Wildman–Crippen MR) is 74.8 cm³/mol. The van der Waals surface area contributed by atoms with E-state index < -0.39 is 5.97 Å². The number of ether oxygens (including phenoxy) is 2. The summed E-state index contributed by atoms with van der Waals surface area (Å²) in [5.41, 5.74) is 1.77. The zero-order chi connectivity index (χ0) is 14.4. The maximum atomic E-state index is 10.5. The SMILES string of the molecule is COc1ccc(C=CCC(=O)O)c(OC(C)C)c1C. The molecule has 104 valence electrons. The summed E-state index contributed by atoms with van der Waals surface area (Å²) in [5, 5.41) is 8.64. The second-order valence-corrected chi connectivity index (χ2v) is 4.48. The molecule has 1 aromatic carbocycles. The largest absolute Gasteiger partial charge is 0.496 e. The van der Waals surface area contributed by atoms with Gasteiger partial charge in [-0.1, -0.05) is 12.2 Å². The zero-order valence-corrected chi connectivity index (χ0v) is 11.8. The fourth-order valence-corrected chi connectivity index (χ4v) is 1.73. The molecule has 0 bridgehead atoms. The van der Waals surface area contributed by atoms with Crippen LogP contribution in [0.5, 0.6) is 11.5 Å². The highest BCUT2D eigenvalue weighted by molar-refractivity contribution is 5.71. The molecule has 0 radical (unpaired) electrons. The second kappa shape index (κ2) is 6.83. The Labute approximate surface area is 113 Å². The number of methoxy groups -OCH3 is 1. The van der Waals surface area contributed by atoms with E-state index in [1.54, 1.807) is 19.3 Å². The molecule has 0 aliphatic heterocycles. The molecule has 4 nitrogen and oxygen atoms in total. The standard InChI is InChI=1S/C15H20O4/c1-10(2)19-15-11(3)13(18-4)9-8-12(15)6-5-7-14(16)17/h5-6,8-10H,7H2,1-4H3,(H,16,17). The summed E-state index contributed by atoms with van der Waals surface area (Å²) < 4.78 is 11.1. The number of hydrogen-bond donors (Lipinski definition) is 1. The van der Waals surface area contributed by atoms with E-state index in [1.807, 2.05) is 32.9 Å². The normalized spacial score (nSPS) is 11.0. The summed E-state index contributed by atoms with van der Waals surface area (Å²) in [6.07, 6.45) is 3.40. The Hall–Kier alpha value is -1.97. The van der Waals surface area contributed by atoms with Crippen LogP contribution in [0.3, 0.4) is 0 Å². The third-order valence-corrected chi connectivity index (χ3v) is 2.55. The van der Waals surface area contributed by atoms with Crippen molar-refractivity contribution in [3.05, 3.63) is 29.3 Å². The molecule has 1 N–H and O–H groups in total. The molecule has 0 saturated heterocycles. The number of benzene rings is 1. The van der Waals surface area contributed by atoms with Crippen LogP contribution in [0, 0.1) is 6.92 Å². The van der Waals surface area contributed by atoms with Crippen LogP contribution >= 0.6 is 0 Å². The zero-order valence-electron chi connectivity index (χ0n) is 11.8. The summed E-state index contributed by atoms with van der Waals surface area (Å²) in [6, 6.07) is 3.71. The van der Waals surface area contributed by atoms with Crippen molar-refractivity contribution in [1.82, 2.24) is 0 Å². The second-order valence-electron chi connectivity index (χ2n) is 4.48. The molecule has 0 saturated carbocycles. The van der Waals surface area contributed by atoms with Gasteiger partial charge >= 0.3 is 5.97 Å². The molecule has 0 atom stereocenters. The number of rotatable bonds is 6. The third kappa shape index (κ3) is 4.32. The highest BCUT2D eigenvalue weighted by Crippen LogP contribution is 2.33. The Bertz CT molecular complexity index is 475. The average molecular weight is 264 g/mol. The molecule has 0 fully saturated rings. The summed E-state index contributed by atoms with van der Waals surface area (Å²) in [7, 11) is 1.61. The summed E-state index contributed by atoms with van der Waals surface area (Å²) in [5.74, 6) is 0.634. The molecule has 0 unspecified atom stereocenters. The summed E-state index contributed by atoms with van der Waals surface area (Å²) >= 11 is 0. The first-order valence-corrected chi connectivity index (χ1v) is 6.18. The minimum Gasteiger partial charge on any atom is -0.496 e. The predicted octanol–water partition coefficient (Wildman–Crippen LogP) is 3.28. The van der Waals surface area contributed by atoms with Gasteiger partial charge in [-0.05, 0) is 32.9 Å². The Morgan fingerprint density at radius 1 is 1.42 bits per heavy atom. The number of carboxylic acid groups (broad SMARTS) is 1. The fraction of sp³-hybridized carbons (Fsp3) is 0.400. The molecule has 1 aromatic rings. The number of aliphatic carboxylic acids is 1. The molecule has 0 amide bonds. The minimum absolute atomic E-state index is 0.00774. The Kier molecular flexibility index (Phi) is 5.42. The monoisotopic (exact) mass is 264 g/mol. The van der Waals surface area contributed by atoms with Gasteiger partial charge in [0.2, 0.25) is 0 Å². The lowest BCUT2D eigenvalue weighted by atomic mass is 10.1. The number of hydrogen-bond acceptors (Lipinski definition) is 3. The molecule has 1 rings (SSSR count). The van der Waals surface area contributed by atoms with Crippen LogP contribution in [-0.2, 0) is 4.79 Å². The average Bonchev–Trinajstić information content (AvgIpc) is 2.32. The van der Waals surface area contributed by atoms with Crippen LogP contribution in [0.25, 0.3) is 6.08 Å². The van der Waals surface area contributed by atoms with Gasteiger partial charge in [0, 0.05) is 11.1 Å². The van der Waals surface area contributed by atoms with Gasteiger partial charge in [-0.15, -0.1) is 0 Å². The van der Waals surface area contributed by atoms with Crippen LogP contribution in [0.1, 0.15) is 31.4 Å². The van der Waals surface area contributed by atoms with E-state index in [0.29, 0.717) is 0 Å². The molecule has 0 aliphatic carbocycles. The van der Waals surface area contributed by atoms with Crippen molar-refractivity contribution in [2.45, 2.75) is 33.3 Å². The lowest BCUT2D eigenvalue weighted by Gasteiger charge is -2.17. The Balaban J connectivity index is 3.11. The van der Waals surface area contributed by atoms with Gasteiger partial charge in [-0.2, -0.15) is 0 Å². The Morgan fingerprint density at radius 2 is 2.11 bits per heavy atom. The van der Waals surface area contributed by atoms with E-state index in [2.05, 4.69) is 0 Å². The molecule has 0 aromatic heterocycles. The van der Waals surface area contributed by atoms with Crippen LogP contribution < -0.4 is 9.47 Å². The van der Waals surface area contributed by atoms with Crippen molar-refractivity contribution in [2.24, 2.45) is 0 Å². The van der Waals surface area contributed by atoms with E-state index in [9.17, 15) is 4.79 Å². The van der Waals surface area contributed by atoms with Crippen molar-refractivity contribution in [1.29, 1.82) is 0 Å². The first-order chi connectivity index (χ1) is 8.95. The van der Waals surface area contributed by atoms with E-state index in [0.717, 1.165) is 22.6 Å². The van der Waals surface area contributed by atoms with Gasteiger partial charge in [0.05, 0.1) is 19.6 Å².